The molecule has 0 aliphatic carbocycles. The lowest BCUT2D eigenvalue weighted by Gasteiger charge is -2.20. The number of carbonyl (C=O) groups excluding carboxylic acids is 2. The first-order chi connectivity index (χ1) is 44.5. The molecule has 0 heterocycles. The molecule has 3 N–H and O–H groups in total. The van der Waals surface area contributed by atoms with Gasteiger partial charge in [-0.1, -0.05) is 456 Å². The Morgan fingerprint density at radius 3 is 0.756 bits per heavy atom. The first kappa shape index (κ1) is 88.6. The monoisotopic (exact) mass is 1270 g/mol. The van der Waals surface area contributed by atoms with Crippen molar-refractivity contribution in [2.45, 2.75) is 501 Å². The zero-order chi connectivity index (χ0) is 64.9. The summed E-state index contributed by atoms with van der Waals surface area (Å²) in [6, 6.07) is -0.624. The van der Waals surface area contributed by atoms with E-state index in [1.807, 2.05) is 6.08 Å². The standard InChI is InChI=1S/C84H165NO5/c1-3-5-7-9-11-13-15-17-19-20-21-22-36-39-42-45-49-52-56-60-64-68-72-76-82(87)81(80-86)85-83(88)77-73-69-65-61-57-53-50-46-43-40-37-34-32-30-28-26-24-23-25-27-29-31-33-35-38-41-44-47-51-55-59-63-67-71-75-79-90-84(89)78-74-70-66-62-58-54-48-18-16-14-12-10-8-6-4-2/h72,76,81-82,86-87H,3-71,73-75,77-80H2,1-2H3,(H,85,88)/b76-72+. The highest BCUT2D eigenvalue weighted by Gasteiger charge is 2.18. The van der Waals surface area contributed by atoms with Gasteiger partial charge in [0.15, 0.2) is 0 Å². The molecule has 90 heavy (non-hydrogen) atoms. The number of aliphatic hydroxyl groups is 2. The Morgan fingerprint density at radius 2 is 0.511 bits per heavy atom. The Labute approximate surface area is 565 Å². The van der Waals surface area contributed by atoms with Gasteiger partial charge in [-0.15, -0.1) is 0 Å². The van der Waals surface area contributed by atoms with Gasteiger partial charge < -0.3 is 20.3 Å². The number of carbonyl (C=O) groups is 2. The van der Waals surface area contributed by atoms with Crippen molar-refractivity contribution in [1.82, 2.24) is 5.32 Å². The van der Waals surface area contributed by atoms with Crippen LogP contribution in [0, 0.1) is 0 Å². The average Bonchev–Trinajstić information content (AvgIpc) is 3.58. The summed E-state index contributed by atoms with van der Waals surface area (Å²) in [6.45, 7) is 4.97. The van der Waals surface area contributed by atoms with Crippen LogP contribution in [0.25, 0.3) is 0 Å². The van der Waals surface area contributed by atoms with E-state index in [4.69, 9.17) is 4.74 Å². The number of amides is 1. The van der Waals surface area contributed by atoms with Crippen LogP contribution >= 0.6 is 0 Å². The summed E-state index contributed by atoms with van der Waals surface area (Å²) in [7, 11) is 0. The molecule has 2 unspecified atom stereocenters. The molecule has 0 aromatic heterocycles. The molecule has 0 saturated heterocycles. The van der Waals surface area contributed by atoms with E-state index >= 15 is 0 Å². The van der Waals surface area contributed by atoms with Crippen LogP contribution in [0.4, 0.5) is 0 Å². The van der Waals surface area contributed by atoms with Crippen LogP contribution in [0.3, 0.4) is 0 Å². The molecule has 0 aromatic rings. The van der Waals surface area contributed by atoms with Gasteiger partial charge in [-0.2, -0.15) is 0 Å². The number of unbranched alkanes of at least 4 members (excludes halogenated alkanes) is 69. The van der Waals surface area contributed by atoms with E-state index in [9.17, 15) is 19.8 Å². The average molecular weight is 1270 g/mol. The second-order valence-electron chi connectivity index (χ2n) is 29.2. The smallest absolute Gasteiger partial charge is 0.305 e. The molecule has 0 rings (SSSR count). The van der Waals surface area contributed by atoms with Gasteiger partial charge in [-0.05, 0) is 32.1 Å². The van der Waals surface area contributed by atoms with Crippen molar-refractivity contribution >= 4 is 11.9 Å². The van der Waals surface area contributed by atoms with Crippen molar-refractivity contribution in [3.63, 3.8) is 0 Å². The van der Waals surface area contributed by atoms with Crippen molar-refractivity contribution in [2.24, 2.45) is 0 Å². The maximum absolute atomic E-state index is 12.6. The lowest BCUT2D eigenvalue weighted by atomic mass is 10.0. The predicted octanol–water partition coefficient (Wildman–Crippen LogP) is 27.8. The summed E-state index contributed by atoms with van der Waals surface area (Å²) >= 11 is 0. The van der Waals surface area contributed by atoms with E-state index in [-0.39, 0.29) is 18.5 Å². The van der Waals surface area contributed by atoms with Gasteiger partial charge in [-0.25, -0.2) is 0 Å². The van der Waals surface area contributed by atoms with Crippen LogP contribution in [0.1, 0.15) is 489 Å². The molecular weight excluding hydrogens is 1100 g/mol. The van der Waals surface area contributed by atoms with Crippen LogP contribution in [0.5, 0.6) is 0 Å². The number of nitrogens with one attached hydrogen (secondary N) is 1. The summed E-state index contributed by atoms with van der Waals surface area (Å²) in [6.07, 6.45) is 102. The second kappa shape index (κ2) is 80.0. The zero-order valence-corrected chi connectivity index (χ0v) is 61.7. The highest BCUT2D eigenvalue weighted by molar-refractivity contribution is 5.76. The molecule has 6 heteroatoms. The molecule has 0 aliphatic rings. The van der Waals surface area contributed by atoms with Gasteiger partial charge in [0, 0.05) is 12.8 Å². The van der Waals surface area contributed by atoms with E-state index in [1.54, 1.807) is 6.08 Å². The first-order valence-electron chi connectivity index (χ1n) is 42.0. The Bertz CT molecular complexity index is 1370. The van der Waals surface area contributed by atoms with Gasteiger partial charge in [0.05, 0.1) is 25.4 Å². The lowest BCUT2D eigenvalue weighted by Crippen LogP contribution is -2.45. The first-order valence-corrected chi connectivity index (χ1v) is 42.0. The number of hydrogen-bond donors (Lipinski definition) is 3. The van der Waals surface area contributed by atoms with E-state index in [1.165, 1.54) is 424 Å². The fourth-order valence-electron chi connectivity index (χ4n) is 13.7. The topological polar surface area (TPSA) is 95.9 Å². The van der Waals surface area contributed by atoms with E-state index in [0.29, 0.717) is 19.4 Å². The van der Waals surface area contributed by atoms with E-state index in [0.717, 1.165) is 38.5 Å². The third kappa shape index (κ3) is 75.6. The van der Waals surface area contributed by atoms with Gasteiger partial charge in [0.25, 0.3) is 0 Å². The summed E-state index contributed by atoms with van der Waals surface area (Å²) in [5.41, 5.74) is 0. The fourth-order valence-corrected chi connectivity index (χ4v) is 13.7. The van der Waals surface area contributed by atoms with Gasteiger partial charge in [0.2, 0.25) is 5.91 Å². The van der Waals surface area contributed by atoms with Crippen molar-refractivity contribution < 1.29 is 24.5 Å². The van der Waals surface area contributed by atoms with Crippen molar-refractivity contribution in [3.8, 4) is 0 Å². The van der Waals surface area contributed by atoms with Crippen LogP contribution in [-0.4, -0.2) is 47.4 Å². The number of esters is 1. The van der Waals surface area contributed by atoms with Crippen LogP contribution < -0.4 is 5.32 Å². The highest BCUT2D eigenvalue weighted by Crippen LogP contribution is 2.21. The Kier molecular flexibility index (Phi) is 78.8. The van der Waals surface area contributed by atoms with E-state index < -0.39 is 12.1 Å². The third-order valence-electron chi connectivity index (χ3n) is 20.1. The largest absolute Gasteiger partial charge is 0.466 e. The van der Waals surface area contributed by atoms with Gasteiger partial charge in [0.1, 0.15) is 0 Å². The maximum Gasteiger partial charge on any atom is 0.305 e. The van der Waals surface area contributed by atoms with Crippen LogP contribution in [0.2, 0.25) is 0 Å². The quantitative estimate of drug-likeness (QED) is 0.0320. The molecule has 0 aliphatic heterocycles. The number of hydrogen-bond acceptors (Lipinski definition) is 5. The zero-order valence-electron chi connectivity index (χ0n) is 61.7. The lowest BCUT2D eigenvalue weighted by molar-refractivity contribution is -0.143. The molecule has 0 radical (unpaired) electrons. The van der Waals surface area contributed by atoms with Gasteiger partial charge >= 0.3 is 5.97 Å². The molecule has 0 aromatic carbocycles. The van der Waals surface area contributed by atoms with Crippen molar-refractivity contribution in [3.05, 3.63) is 12.2 Å². The number of rotatable bonds is 80. The fraction of sp³-hybridized carbons (Fsp3) is 0.952. The molecule has 0 fully saturated rings. The van der Waals surface area contributed by atoms with Crippen molar-refractivity contribution in [2.75, 3.05) is 13.2 Å². The number of allylic oxidation sites excluding steroid dienone is 1. The third-order valence-corrected chi connectivity index (χ3v) is 20.1. The minimum absolute atomic E-state index is 0.0266. The van der Waals surface area contributed by atoms with Crippen LogP contribution in [-0.2, 0) is 14.3 Å². The van der Waals surface area contributed by atoms with Gasteiger partial charge in [-0.3, -0.25) is 9.59 Å². The number of aliphatic hydroxyl groups excluding tert-OH is 2. The molecule has 0 saturated carbocycles. The minimum atomic E-state index is -0.842. The SMILES string of the molecule is CCCCCCCCCCCCCCCCCCCCCCC/C=C/C(O)C(CO)NC(=O)CCCCCCCCCCCCCCCCCCCCCCCCCCCCCCCCCCCCCOC(=O)CCCCCCCCCCCCCCCCC. The Morgan fingerprint density at radius 1 is 0.300 bits per heavy atom. The molecule has 536 valence electrons. The maximum atomic E-state index is 12.6. The Balaban J connectivity index is 3.32. The molecule has 1 amide bonds. The Hall–Kier alpha value is -1.40. The van der Waals surface area contributed by atoms with Crippen LogP contribution in [0.15, 0.2) is 12.2 Å². The summed E-state index contributed by atoms with van der Waals surface area (Å²) in [5, 5.41) is 23.3. The summed E-state index contributed by atoms with van der Waals surface area (Å²) < 4.78 is 5.51. The second-order valence-corrected chi connectivity index (χ2v) is 29.2. The summed E-state index contributed by atoms with van der Waals surface area (Å²) in [5.74, 6) is -0.0301. The number of ether oxygens (including phenoxy) is 1. The molecular formula is C84H165NO5. The molecule has 0 bridgehead atoms. The molecule has 0 spiro atoms. The molecule has 6 nitrogen and oxygen atoms in total. The van der Waals surface area contributed by atoms with Crippen molar-refractivity contribution in [1.29, 1.82) is 0 Å². The normalized spacial score (nSPS) is 12.4. The highest BCUT2D eigenvalue weighted by atomic mass is 16.5. The predicted molar refractivity (Wildman–Crippen MR) is 398 cm³/mol. The summed E-state index contributed by atoms with van der Waals surface area (Å²) in [4.78, 5) is 24.7. The molecule has 2 atom stereocenters. The minimum Gasteiger partial charge on any atom is -0.466 e. The van der Waals surface area contributed by atoms with E-state index in [2.05, 4.69) is 19.2 Å².